The van der Waals surface area contributed by atoms with Crippen LogP contribution in [0.3, 0.4) is 0 Å². The van der Waals surface area contributed by atoms with Gasteiger partial charge >= 0.3 is 5.97 Å². The maximum atomic E-state index is 11.7. The lowest BCUT2D eigenvalue weighted by Crippen LogP contribution is -2.22. The van der Waals surface area contributed by atoms with Crippen molar-refractivity contribution in [3.8, 4) is 0 Å². The van der Waals surface area contributed by atoms with Crippen LogP contribution >= 0.6 is 0 Å². The molecule has 5 nitrogen and oxygen atoms in total. The Bertz CT molecular complexity index is 407. The first-order valence-electron chi connectivity index (χ1n) is 5.91. The third-order valence-electron chi connectivity index (χ3n) is 2.42. The van der Waals surface area contributed by atoms with E-state index in [0.717, 1.165) is 0 Å². The summed E-state index contributed by atoms with van der Waals surface area (Å²) < 4.78 is 9.98. The van der Waals surface area contributed by atoms with Crippen LogP contribution in [0.5, 0.6) is 0 Å². The molecule has 1 aromatic carbocycles. The fourth-order valence-corrected chi connectivity index (χ4v) is 1.64. The minimum atomic E-state index is -0.405. The first-order chi connectivity index (χ1) is 8.60. The van der Waals surface area contributed by atoms with E-state index in [4.69, 9.17) is 15.2 Å². The van der Waals surface area contributed by atoms with Crippen LogP contribution in [0.1, 0.15) is 24.2 Å². The van der Waals surface area contributed by atoms with E-state index in [9.17, 15) is 4.79 Å². The second-order valence-corrected chi connectivity index (χ2v) is 3.99. The van der Waals surface area contributed by atoms with E-state index in [1.165, 1.54) is 0 Å². The molecule has 0 amide bonds. The van der Waals surface area contributed by atoms with E-state index in [-0.39, 0.29) is 6.04 Å². The number of methoxy groups -OCH3 is 1. The van der Waals surface area contributed by atoms with Crippen LogP contribution in [0, 0.1) is 0 Å². The maximum Gasteiger partial charge on any atom is 0.340 e. The minimum absolute atomic E-state index is 0.106. The molecule has 0 spiro atoms. The molecular weight excluding hydrogens is 232 g/mol. The summed E-state index contributed by atoms with van der Waals surface area (Å²) in [7, 11) is 1.64. The van der Waals surface area contributed by atoms with Gasteiger partial charge in [-0.2, -0.15) is 0 Å². The number of anilines is 2. The van der Waals surface area contributed by atoms with Gasteiger partial charge in [0.05, 0.1) is 30.2 Å². The average Bonchev–Trinajstić information content (AvgIpc) is 2.32. The Labute approximate surface area is 107 Å². The molecule has 0 heterocycles. The molecule has 0 saturated heterocycles. The number of carbonyl (C=O) groups excluding carboxylic acids is 1. The van der Waals surface area contributed by atoms with E-state index < -0.39 is 5.97 Å². The van der Waals surface area contributed by atoms with Gasteiger partial charge in [-0.05, 0) is 26.0 Å². The lowest BCUT2D eigenvalue weighted by Gasteiger charge is -2.17. The largest absolute Gasteiger partial charge is 0.462 e. The number of rotatable bonds is 6. The van der Waals surface area contributed by atoms with Crippen molar-refractivity contribution in [1.29, 1.82) is 0 Å². The highest BCUT2D eigenvalue weighted by molar-refractivity contribution is 5.98. The molecule has 5 heteroatoms. The van der Waals surface area contributed by atoms with Crippen LogP contribution in [0.25, 0.3) is 0 Å². The highest BCUT2D eigenvalue weighted by Crippen LogP contribution is 2.24. The molecule has 18 heavy (non-hydrogen) atoms. The van der Waals surface area contributed by atoms with Crippen molar-refractivity contribution in [3.05, 3.63) is 23.8 Å². The molecule has 0 fully saturated rings. The predicted octanol–water partition coefficient (Wildman–Crippen LogP) is 1.89. The van der Waals surface area contributed by atoms with E-state index >= 15 is 0 Å². The zero-order valence-electron chi connectivity index (χ0n) is 11.0. The van der Waals surface area contributed by atoms with Gasteiger partial charge in [0.2, 0.25) is 0 Å². The Morgan fingerprint density at radius 1 is 1.50 bits per heavy atom. The Morgan fingerprint density at radius 3 is 2.83 bits per heavy atom. The van der Waals surface area contributed by atoms with Crippen molar-refractivity contribution in [3.63, 3.8) is 0 Å². The Morgan fingerprint density at radius 2 is 2.22 bits per heavy atom. The van der Waals surface area contributed by atoms with E-state index in [1.54, 1.807) is 26.2 Å². The summed E-state index contributed by atoms with van der Waals surface area (Å²) in [4.78, 5) is 11.7. The lowest BCUT2D eigenvalue weighted by molar-refractivity contribution is 0.0527. The van der Waals surface area contributed by atoms with Gasteiger partial charge in [-0.1, -0.05) is 6.07 Å². The van der Waals surface area contributed by atoms with Crippen molar-refractivity contribution in [1.82, 2.24) is 0 Å². The fourth-order valence-electron chi connectivity index (χ4n) is 1.64. The summed E-state index contributed by atoms with van der Waals surface area (Å²) in [6.07, 6.45) is 0. The summed E-state index contributed by atoms with van der Waals surface area (Å²) in [6.45, 7) is 4.62. The SMILES string of the molecule is CCOC(=O)c1cccc(NC(C)COC)c1N. The molecule has 1 aromatic rings. The molecule has 0 saturated carbocycles. The number of carbonyl (C=O) groups is 1. The van der Waals surface area contributed by atoms with Gasteiger partial charge < -0.3 is 20.5 Å². The third kappa shape index (κ3) is 3.63. The number of nitrogens with two attached hydrogens (primary N) is 1. The molecule has 1 unspecified atom stereocenters. The van der Waals surface area contributed by atoms with Crippen LogP contribution in [-0.4, -0.2) is 32.3 Å². The van der Waals surface area contributed by atoms with Crippen LogP contribution in [0.4, 0.5) is 11.4 Å². The quantitative estimate of drug-likeness (QED) is 0.597. The van der Waals surface area contributed by atoms with E-state index in [1.807, 2.05) is 13.0 Å². The van der Waals surface area contributed by atoms with Crippen molar-refractivity contribution in [2.75, 3.05) is 31.4 Å². The topological polar surface area (TPSA) is 73.6 Å². The van der Waals surface area contributed by atoms with Crippen LogP contribution < -0.4 is 11.1 Å². The molecule has 3 N–H and O–H groups in total. The summed E-state index contributed by atoms with van der Waals surface area (Å²) in [6, 6.07) is 5.35. The standard InChI is InChI=1S/C13H20N2O3/c1-4-18-13(16)10-6-5-7-11(12(10)14)15-9(2)8-17-3/h5-7,9,15H,4,8,14H2,1-3H3. The molecule has 0 aliphatic heterocycles. The summed E-state index contributed by atoms with van der Waals surface area (Å²) >= 11 is 0. The number of nitrogen functional groups attached to an aromatic ring is 1. The highest BCUT2D eigenvalue weighted by Gasteiger charge is 2.14. The summed E-state index contributed by atoms with van der Waals surface area (Å²) in [5, 5.41) is 3.19. The van der Waals surface area contributed by atoms with Gasteiger partial charge in [-0.25, -0.2) is 4.79 Å². The minimum Gasteiger partial charge on any atom is -0.462 e. The number of benzene rings is 1. The van der Waals surface area contributed by atoms with Crippen molar-refractivity contribution in [2.24, 2.45) is 0 Å². The Kier molecular flexibility index (Phi) is 5.45. The summed E-state index contributed by atoms with van der Waals surface area (Å²) in [5.74, 6) is -0.405. The smallest absolute Gasteiger partial charge is 0.340 e. The van der Waals surface area contributed by atoms with Gasteiger partial charge in [0.15, 0.2) is 0 Å². The molecule has 0 radical (unpaired) electrons. The molecule has 0 bridgehead atoms. The Balaban J connectivity index is 2.88. The molecule has 0 aliphatic rings. The summed E-state index contributed by atoms with van der Waals surface area (Å²) in [5.41, 5.74) is 7.45. The average molecular weight is 252 g/mol. The van der Waals surface area contributed by atoms with E-state index in [2.05, 4.69) is 5.32 Å². The van der Waals surface area contributed by atoms with Gasteiger partial charge in [-0.3, -0.25) is 0 Å². The zero-order chi connectivity index (χ0) is 13.5. The van der Waals surface area contributed by atoms with Crippen LogP contribution in [0.2, 0.25) is 0 Å². The molecule has 1 atom stereocenters. The number of ether oxygens (including phenoxy) is 2. The molecule has 100 valence electrons. The van der Waals surface area contributed by atoms with Gasteiger partial charge in [0.1, 0.15) is 0 Å². The zero-order valence-corrected chi connectivity index (χ0v) is 11.0. The Hall–Kier alpha value is -1.75. The molecular formula is C13H20N2O3. The second-order valence-electron chi connectivity index (χ2n) is 3.99. The molecule has 0 aromatic heterocycles. The third-order valence-corrected chi connectivity index (χ3v) is 2.42. The number of esters is 1. The highest BCUT2D eigenvalue weighted by atomic mass is 16.5. The van der Waals surface area contributed by atoms with E-state index in [0.29, 0.717) is 30.2 Å². The first-order valence-corrected chi connectivity index (χ1v) is 5.91. The van der Waals surface area contributed by atoms with Crippen molar-refractivity contribution >= 4 is 17.3 Å². The van der Waals surface area contributed by atoms with Crippen LogP contribution in [0.15, 0.2) is 18.2 Å². The lowest BCUT2D eigenvalue weighted by atomic mass is 10.1. The number of nitrogens with one attached hydrogen (secondary N) is 1. The van der Waals surface area contributed by atoms with Gasteiger partial charge in [-0.15, -0.1) is 0 Å². The normalized spacial score (nSPS) is 11.9. The number of hydrogen-bond donors (Lipinski definition) is 2. The fraction of sp³-hybridized carbons (Fsp3) is 0.462. The van der Waals surface area contributed by atoms with Crippen molar-refractivity contribution < 1.29 is 14.3 Å². The van der Waals surface area contributed by atoms with Gasteiger partial charge in [0.25, 0.3) is 0 Å². The van der Waals surface area contributed by atoms with Crippen LogP contribution in [-0.2, 0) is 9.47 Å². The monoisotopic (exact) mass is 252 g/mol. The number of para-hydroxylation sites is 1. The predicted molar refractivity (Wildman–Crippen MR) is 71.8 cm³/mol. The second kappa shape index (κ2) is 6.86. The van der Waals surface area contributed by atoms with Gasteiger partial charge in [0, 0.05) is 13.2 Å². The number of hydrogen-bond acceptors (Lipinski definition) is 5. The maximum absolute atomic E-state index is 11.7. The molecule has 1 rings (SSSR count). The first kappa shape index (κ1) is 14.3. The van der Waals surface area contributed by atoms with Crippen molar-refractivity contribution in [2.45, 2.75) is 19.9 Å². The molecule has 0 aliphatic carbocycles.